The molecule has 6 nitrogen and oxygen atoms in total. The van der Waals surface area contributed by atoms with Gasteiger partial charge in [0, 0.05) is 6.92 Å². The number of carbonyl (C=O) groups excluding carboxylic acids is 1. The van der Waals surface area contributed by atoms with Crippen molar-refractivity contribution >= 4 is 5.97 Å². The van der Waals surface area contributed by atoms with Crippen LogP contribution in [0.3, 0.4) is 0 Å². The van der Waals surface area contributed by atoms with Crippen molar-refractivity contribution in [2.24, 2.45) is 0 Å². The third-order valence-electron chi connectivity index (χ3n) is 1.78. The van der Waals surface area contributed by atoms with Crippen LogP contribution in [0.15, 0.2) is 0 Å². The standard InChI is InChI=1S/C7H12O6/c1-3(9)12-7-6(11)5(10)4(2-8)13-7/h4-8,10-11H,2H2,1H3/t4-,5+,6-,7?/m1/s1. The number of rotatable bonds is 2. The summed E-state index contributed by atoms with van der Waals surface area (Å²) in [5, 5.41) is 27.1. The van der Waals surface area contributed by atoms with E-state index >= 15 is 0 Å². The normalized spacial score (nSPS) is 39.1. The number of aliphatic hydroxyl groups excluding tert-OH is 3. The Morgan fingerprint density at radius 2 is 2.08 bits per heavy atom. The molecule has 1 aliphatic heterocycles. The van der Waals surface area contributed by atoms with Gasteiger partial charge in [-0.1, -0.05) is 0 Å². The van der Waals surface area contributed by atoms with Crippen LogP contribution in [-0.4, -0.2) is 52.5 Å². The first-order valence-electron chi connectivity index (χ1n) is 3.86. The van der Waals surface area contributed by atoms with Crippen LogP contribution in [0, 0.1) is 0 Å². The molecule has 1 saturated heterocycles. The summed E-state index contributed by atoms with van der Waals surface area (Å²) < 4.78 is 9.40. The molecule has 1 unspecified atom stereocenters. The van der Waals surface area contributed by atoms with Crippen molar-refractivity contribution in [2.75, 3.05) is 6.61 Å². The third-order valence-corrected chi connectivity index (χ3v) is 1.78. The van der Waals surface area contributed by atoms with Crippen LogP contribution < -0.4 is 0 Å². The van der Waals surface area contributed by atoms with Gasteiger partial charge < -0.3 is 24.8 Å². The Labute approximate surface area is 74.7 Å². The maximum Gasteiger partial charge on any atom is 0.305 e. The van der Waals surface area contributed by atoms with E-state index in [0.29, 0.717) is 0 Å². The minimum atomic E-state index is -1.30. The van der Waals surface area contributed by atoms with Crippen LogP contribution in [0.25, 0.3) is 0 Å². The average molecular weight is 192 g/mol. The van der Waals surface area contributed by atoms with Gasteiger partial charge in [0.2, 0.25) is 6.29 Å². The van der Waals surface area contributed by atoms with Gasteiger partial charge in [0.1, 0.15) is 18.3 Å². The van der Waals surface area contributed by atoms with Gasteiger partial charge in [-0.3, -0.25) is 4.79 Å². The highest BCUT2D eigenvalue weighted by Gasteiger charge is 2.44. The molecule has 0 aromatic heterocycles. The average Bonchev–Trinajstić information content (AvgIpc) is 2.32. The first kappa shape index (κ1) is 10.4. The number of hydrogen-bond donors (Lipinski definition) is 3. The zero-order valence-electron chi connectivity index (χ0n) is 7.08. The minimum Gasteiger partial charge on any atom is -0.433 e. The van der Waals surface area contributed by atoms with E-state index in [2.05, 4.69) is 4.74 Å². The molecule has 1 aliphatic rings. The fourth-order valence-electron chi connectivity index (χ4n) is 1.13. The second kappa shape index (κ2) is 4.01. The second-order valence-electron chi connectivity index (χ2n) is 2.82. The molecule has 3 N–H and O–H groups in total. The Hall–Kier alpha value is -0.690. The van der Waals surface area contributed by atoms with E-state index in [-0.39, 0.29) is 0 Å². The fraction of sp³-hybridized carbons (Fsp3) is 0.857. The summed E-state index contributed by atoms with van der Waals surface area (Å²) in [6, 6.07) is 0. The number of esters is 1. The van der Waals surface area contributed by atoms with Crippen LogP contribution in [0.1, 0.15) is 6.92 Å². The zero-order chi connectivity index (χ0) is 10.0. The quantitative estimate of drug-likeness (QED) is 0.437. The van der Waals surface area contributed by atoms with Gasteiger partial charge in [-0.25, -0.2) is 0 Å². The number of carbonyl (C=O) groups is 1. The van der Waals surface area contributed by atoms with E-state index in [0.717, 1.165) is 6.92 Å². The highest BCUT2D eigenvalue weighted by atomic mass is 16.7. The maximum atomic E-state index is 10.5. The Morgan fingerprint density at radius 3 is 2.46 bits per heavy atom. The van der Waals surface area contributed by atoms with Crippen molar-refractivity contribution in [2.45, 2.75) is 31.5 Å². The lowest BCUT2D eigenvalue weighted by Gasteiger charge is -2.13. The predicted octanol–water partition coefficient (Wildman–Crippen LogP) is -2.01. The summed E-state index contributed by atoms with van der Waals surface area (Å²) in [6.45, 7) is 0.727. The molecule has 1 heterocycles. The summed E-state index contributed by atoms with van der Waals surface area (Å²) in [5.41, 5.74) is 0. The van der Waals surface area contributed by atoms with Crippen molar-refractivity contribution in [3.05, 3.63) is 0 Å². The van der Waals surface area contributed by atoms with E-state index in [4.69, 9.17) is 9.84 Å². The van der Waals surface area contributed by atoms with Gasteiger partial charge in [0.15, 0.2) is 0 Å². The van der Waals surface area contributed by atoms with Gasteiger partial charge in [-0.05, 0) is 0 Å². The maximum absolute atomic E-state index is 10.5. The SMILES string of the molecule is CC(=O)OC1O[C@H](CO)[C@H](O)[C@H]1O. The summed E-state index contributed by atoms with van der Waals surface area (Å²) in [6.07, 6.45) is -4.63. The summed E-state index contributed by atoms with van der Waals surface area (Å²) >= 11 is 0. The van der Waals surface area contributed by atoms with Crippen LogP contribution >= 0.6 is 0 Å². The van der Waals surface area contributed by atoms with Crippen LogP contribution in [-0.2, 0) is 14.3 Å². The van der Waals surface area contributed by atoms with Gasteiger partial charge in [0.25, 0.3) is 0 Å². The molecule has 6 heteroatoms. The molecule has 13 heavy (non-hydrogen) atoms. The summed E-state index contributed by atoms with van der Waals surface area (Å²) in [4.78, 5) is 10.5. The molecule has 0 amide bonds. The fourth-order valence-corrected chi connectivity index (χ4v) is 1.13. The molecule has 0 aliphatic carbocycles. The van der Waals surface area contributed by atoms with Crippen molar-refractivity contribution in [3.8, 4) is 0 Å². The Balaban J connectivity index is 2.55. The summed E-state index contributed by atoms with van der Waals surface area (Å²) in [5.74, 6) is -0.616. The molecule has 76 valence electrons. The van der Waals surface area contributed by atoms with E-state index in [1.807, 2.05) is 0 Å². The molecular weight excluding hydrogens is 180 g/mol. The van der Waals surface area contributed by atoms with Gasteiger partial charge >= 0.3 is 5.97 Å². The topological polar surface area (TPSA) is 96.2 Å². The Morgan fingerprint density at radius 1 is 1.46 bits per heavy atom. The molecule has 0 saturated carbocycles. The summed E-state index contributed by atoms with van der Waals surface area (Å²) in [7, 11) is 0. The minimum absolute atomic E-state index is 0.435. The van der Waals surface area contributed by atoms with Crippen molar-refractivity contribution in [3.63, 3.8) is 0 Å². The van der Waals surface area contributed by atoms with E-state index in [1.54, 1.807) is 0 Å². The largest absolute Gasteiger partial charge is 0.433 e. The highest BCUT2D eigenvalue weighted by Crippen LogP contribution is 2.21. The monoisotopic (exact) mass is 192 g/mol. The molecule has 0 aromatic rings. The van der Waals surface area contributed by atoms with E-state index in [1.165, 1.54) is 0 Å². The van der Waals surface area contributed by atoms with E-state index < -0.39 is 37.2 Å². The molecule has 0 spiro atoms. The molecule has 1 rings (SSSR count). The van der Waals surface area contributed by atoms with Gasteiger partial charge in [-0.15, -0.1) is 0 Å². The molecule has 1 fully saturated rings. The first-order chi connectivity index (χ1) is 6.06. The van der Waals surface area contributed by atoms with Crippen LogP contribution in [0.5, 0.6) is 0 Å². The van der Waals surface area contributed by atoms with E-state index in [9.17, 15) is 15.0 Å². The number of hydrogen-bond acceptors (Lipinski definition) is 6. The molecule has 4 atom stereocenters. The molecular formula is C7H12O6. The number of ether oxygens (including phenoxy) is 2. The van der Waals surface area contributed by atoms with Crippen LogP contribution in [0.4, 0.5) is 0 Å². The second-order valence-corrected chi connectivity index (χ2v) is 2.82. The number of aliphatic hydroxyl groups is 3. The lowest BCUT2D eigenvalue weighted by Crippen LogP contribution is -2.35. The lowest BCUT2D eigenvalue weighted by molar-refractivity contribution is -0.187. The van der Waals surface area contributed by atoms with Crippen molar-refractivity contribution < 1.29 is 29.6 Å². The third kappa shape index (κ3) is 2.16. The van der Waals surface area contributed by atoms with Crippen molar-refractivity contribution in [1.82, 2.24) is 0 Å². The predicted molar refractivity (Wildman–Crippen MR) is 39.5 cm³/mol. The van der Waals surface area contributed by atoms with Gasteiger partial charge in [-0.2, -0.15) is 0 Å². The van der Waals surface area contributed by atoms with Crippen molar-refractivity contribution in [1.29, 1.82) is 0 Å². The highest BCUT2D eigenvalue weighted by molar-refractivity contribution is 5.66. The first-order valence-corrected chi connectivity index (χ1v) is 3.86. The van der Waals surface area contributed by atoms with Gasteiger partial charge in [0.05, 0.1) is 6.61 Å². The molecule has 0 bridgehead atoms. The van der Waals surface area contributed by atoms with Crippen LogP contribution in [0.2, 0.25) is 0 Å². The Kier molecular flexibility index (Phi) is 3.21. The smallest absolute Gasteiger partial charge is 0.305 e. The molecule has 0 aromatic carbocycles. The Bertz CT molecular complexity index is 193. The molecule has 0 radical (unpaired) electrons. The zero-order valence-corrected chi connectivity index (χ0v) is 7.08. The lowest BCUT2D eigenvalue weighted by atomic mass is 10.1.